The third kappa shape index (κ3) is 11.7. The van der Waals surface area contributed by atoms with Gasteiger partial charge in [0.1, 0.15) is 9.83 Å². The molecule has 0 radical (unpaired) electrons. The van der Waals surface area contributed by atoms with Gasteiger partial charge in [0.25, 0.3) is 0 Å². The Morgan fingerprint density at radius 1 is 0.280 bits per heavy atom. The van der Waals surface area contributed by atoms with Crippen molar-refractivity contribution < 1.29 is 4.21 Å². The van der Waals surface area contributed by atoms with Crippen LogP contribution in [0.1, 0.15) is 203 Å². The molecule has 8 rings (SSSR count). The summed E-state index contributed by atoms with van der Waals surface area (Å²) in [5, 5.41) is 0. The lowest BCUT2D eigenvalue weighted by molar-refractivity contribution is 0.692. The average Bonchev–Trinajstić information content (AvgIpc) is 3.39. The van der Waals surface area contributed by atoms with E-state index in [1.165, 1.54) is 99.8 Å². The Morgan fingerprint density at radius 3 is 0.747 bits per heavy atom. The lowest BCUT2D eigenvalue weighted by atomic mass is 9.80. The summed E-state index contributed by atoms with van der Waals surface area (Å²) in [5.74, 6) is 2.48. The van der Waals surface area contributed by atoms with Crippen LogP contribution in [0, 0.1) is 0 Å². The van der Waals surface area contributed by atoms with E-state index in [2.05, 4.69) is 250 Å². The molecule has 75 heavy (non-hydrogen) atoms. The summed E-state index contributed by atoms with van der Waals surface area (Å²) in [7, 11) is -0.100. The predicted molar refractivity (Wildman–Crippen MR) is 330 cm³/mol. The molecule has 0 heterocycles. The Kier molecular flexibility index (Phi) is 17.5. The van der Waals surface area contributed by atoms with Gasteiger partial charge < -0.3 is 0 Å². The molecule has 0 aliphatic rings. The van der Waals surface area contributed by atoms with Crippen LogP contribution in [0.4, 0.5) is 0 Å². The van der Waals surface area contributed by atoms with Crippen molar-refractivity contribution in [3.8, 4) is 66.8 Å². The minimum Gasteiger partial charge on any atom is -0.242 e. The van der Waals surface area contributed by atoms with Gasteiger partial charge in [0.05, 0.1) is 4.90 Å². The Bertz CT molecular complexity index is 2870. The van der Waals surface area contributed by atoms with Crippen LogP contribution in [0.3, 0.4) is 0 Å². The highest BCUT2D eigenvalue weighted by molar-refractivity contribution is 8.69. The Labute approximate surface area is 458 Å². The zero-order chi connectivity index (χ0) is 54.0. The van der Waals surface area contributed by atoms with Gasteiger partial charge >= 0.3 is 0 Å². The van der Waals surface area contributed by atoms with Gasteiger partial charge in [-0.3, -0.25) is 0 Å². The first-order valence-corrected chi connectivity index (χ1v) is 30.4. The molecular formula is C72H82OS2. The van der Waals surface area contributed by atoms with Gasteiger partial charge in [-0.2, -0.15) is 0 Å². The molecule has 8 aromatic carbocycles. The number of hydrogen-bond acceptors (Lipinski definition) is 2. The predicted octanol–water partition coefficient (Wildman–Crippen LogP) is 22.5. The van der Waals surface area contributed by atoms with Crippen LogP contribution >= 0.6 is 10.8 Å². The standard InChI is InChI=1S/C72H82OS2/c1-43(2)58-27-20-28-59(44(3)4)68(58)53-37-51(38-54(41-53)69-60(45(5)6)29-21-30-61(69)46(7)8)66-35-24-36-67(72(66)75(73)74-57-25-18-17-19-26-57)52-39-55(70-62(47(9)10)31-22-32-63(70)48(11)12)42-56(40-52)71-64(49(13)14)33-23-34-65(71)50(15)16/h17-50H,1-16H3. The number of rotatable bonds is 17. The summed E-state index contributed by atoms with van der Waals surface area (Å²) in [5.41, 5.74) is 24.9. The van der Waals surface area contributed by atoms with Crippen LogP contribution in [0.5, 0.6) is 0 Å². The molecule has 0 spiro atoms. The topological polar surface area (TPSA) is 17.1 Å². The molecule has 1 nitrogen and oxygen atoms in total. The molecule has 3 heteroatoms. The van der Waals surface area contributed by atoms with Gasteiger partial charge in [0.15, 0.2) is 0 Å². The van der Waals surface area contributed by atoms with Crippen molar-refractivity contribution in [2.75, 3.05) is 0 Å². The molecular weight excluding hydrogens is 945 g/mol. The summed E-state index contributed by atoms with van der Waals surface area (Å²) >= 11 is 0. The molecule has 0 bridgehead atoms. The van der Waals surface area contributed by atoms with Gasteiger partial charge in [0.2, 0.25) is 0 Å². The molecule has 0 saturated heterocycles. The normalized spacial score (nSPS) is 12.5. The molecule has 0 saturated carbocycles. The van der Waals surface area contributed by atoms with Crippen molar-refractivity contribution in [3.63, 3.8) is 0 Å². The third-order valence-corrected chi connectivity index (χ3v) is 18.2. The Balaban J connectivity index is 1.55. The maximum atomic E-state index is 16.0. The molecule has 0 aromatic heterocycles. The van der Waals surface area contributed by atoms with E-state index in [0.717, 1.165) is 32.0 Å². The second kappa shape index (κ2) is 23.7. The highest BCUT2D eigenvalue weighted by atomic mass is 33.1. The second-order valence-corrected chi connectivity index (χ2v) is 26.3. The van der Waals surface area contributed by atoms with Crippen LogP contribution in [0.15, 0.2) is 168 Å². The van der Waals surface area contributed by atoms with Gasteiger partial charge in [-0.15, -0.1) is 0 Å². The zero-order valence-electron chi connectivity index (χ0n) is 47.9. The highest BCUT2D eigenvalue weighted by Gasteiger charge is 2.27. The largest absolute Gasteiger partial charge is 0.242 e. The summed E-state index contributed by atoms with van der Waals surface area (Å²) in [4.78, 5) is 1.81. The third-order valence-electron chi connectivity index (χ3n) is 15.2. The average molecular weight is 1030 g/mol. The van der Waals surface area contributed by atoms with Gasteiger partial charge in [-0.25, -0.2) is 4.21 Å². The van der Waals surface area contributed by atoms with E-state index >= 15 is 4.21 Å². The van der Waals surface area contributed by atoms with E-state index in [0.29, 0.717) is 47.3 Å². The van der Waals surface area contributed by atoms with E-state index < -0.39 is 9.83 Å². The van der Waals surface area contributed by atoms with Crippen molar-refractivity contribution in [2.24, 2.45) is 0 Å². The summed E-state index contributed by atoms with van der Waals surface area (Å²) in [6, 6.07) is 59.2. The lowest BCUT2D eigenvalue weighted by Crippen LogP contribution is -2.04. The molecule has 1 unspecified atom stereocenters. The fourth-order valence-corrected chi connectivity index (χ4v) is 14.4. The molecule has 388 valence electrons. The lowest BCUT2D eigenvalue weighted by Gasteiger charge is -2.25. The molecule has 8 aromatic rings. The first kappa shape index (κ1) is 55.5. The van der Waals surface area contributed by atoms with E-state index in [1.807, 2.05) is 18.2 Å². The van der Waals surface area contributed by atoms with Crippen molar-refractivity contribution in [3.05, 3.63) is 202 Å². The van der Waals surface area contributed by atoms with Crippen molar-refractivity contribution in [1.29, 1.82) is 0 Å². The van der Waals surface area contributed by atoms with E-state index in [-0.39, 0.29) is 0 Å². The van der Waals surface area contributed by atoms with Crippen molar-refractivity contribution in [1.82, 2.24) is 0 Å². The summed E-state index contributed by atoms with van der Waals surface area (Å²) in [6.45, 7) is 37.1. The van der Waals surface area contributed by atoms with E-state index in [4.69, 9.17) is 0 Å². The van der Waals surface area contributed by atoms with Crippen LogP contribution in [0.2, 0.25) is 0 Å². The van der Waals surface area contributed by atoms with Crippen LogP contribution in [-0.4, -0.2) is 4.21 Å². The zero-order valence-corrected chi connectivity index (χ0v) is 49.5. The fraction of sp³-hybridized carbons (Fsp3) is 0.333. The van der Waals surface area contributed by atoms with Crippen molar-refractivity contribution in [2.45, 2.75) is 168 Å². The first-order chi connectivity index (χ1) is 35.8. The first-order valence-electron chi connectivity index (χ1n) is 27.9. The fourth-order valence-electron chi connectivity index (χ4n) is 11.5. The number of hydrogen-bond donors (Lipinski definition) is 0. The Morgan fingerprint density at radius 2 is 0.507 bits per heavy atom. The van der Waals surface area contributed by atoms with Gasteiger partial charge in [-0.1, -0.05) is 220 Å². The molecule has 1 atom stereocenters. The van der Waals surface area contributed by atoms with Gasteiger partial charge in [-0.05, 0) is 218 Å². The summed E-state index contributed by atoms with van der Waals surface area (Å²) < 4.78 is 16.0. The molecule has 0 N–H and O–H groups in total. The quantitative estimate of drug-likeness (QED) is 0.0846. The second-order valence-electron chi connectivity index (χ2n) is 23.4. The maximum Gasteiger partial charge on any atom is 0.119 e. The van der Waals surface area contributed by atoms with Crippen LogP contribution < -0.4 is 0 Å². The Hall–Kier alpha value is -5.74. The number of benzene rings is 8. The van der Waals surface area contributed by atoms with E-state index in [9.17, 15) is 0 Å². The maximum absolute atomic E-state index is 16.0. The summed E-state index contributed by atoms with van der Waals surface area (Å²) in [6.07, 6.45) is 0. The van der Waals surface area contributed by atoms with E-state index in [1.54, 1.807) is 0 Å². The smallest absolute Gasteiger partial charge is 0.119 e. The van der Waals surface area contributed by atoms with Gasteiger partial charge in [0, 0.05) is 4.90 Å². The molecule has 0 aliphatic heterocycles. The monoisotopic (exact) mass is 1030 g/mol. The SMILES string of the molecule is CC(C)c1cccc(C(C)C)c1-c1cc(-c2cccc(-c3cc(-c4c(C(C)C)cccc4C(C)C)cc(-c4c(C(C)C)cccc4C(C)C)c3)c2S(=O)Sc2ccccc2)cc(-c2c(C(C)C)cccc2C(C)C)c1. The highest BCUT2D eigenvalue weighted by Crippen LogP contribution is 2.49. The van der Waals surface area contributed by atoms with Crippen molar-refractivity contribution >= 4 is 20.6 Å². The molecule has 0 amide bonds. The van der Waals surface area contributed by atoms with Crippen LogP contribution in [0.25, 0.3) is 66.8 Å². The van der Waals surface area contributed by atoms with Crippen LogP contribution in [-0.2, 0) is 9.83 Å². The molecule has 0 aliphatic carbocycles. The minimum absolute atomic E-state index is 0.309. The molecule has 0 fully saturated rings. The minimum atomic E-state index is -1.54.